The van der Waals surface area contributed by atoms with E-state index in [1.807, 2.05) is 12.1 Å². The Kier molecular flexibility index (Phi) is 6.39. The standard InChI is InChI=1S/C18H25ClN4O3S/c1-12(2)27(24,25)20-11-13-3-9-16(10-4-13)21-18-22-17(23-26-18)14-5-7-15(19)8-6-14/h5-8,12-13,16,20H,3-4,9-11H2,1-2H3,(H,21,22,23). The van der Waals surface area contributed by atoms with E-state index >= 15 is 0 Å². The fourth-order valence-corrected chi connectivity index (χ4v) is 4.01. The Morgan fingerprint density at radius 1 is 1.19 bits per heavy atom. The van der Waals surface area contributed by atoms with Crippen molar-refractivity contribution in [3.8, 4) is 11.4 Å². The Labute approximate surface area is 164 Å². The molecule has 2 aromatic rings. The molecule has 0 spiro atoms. The Bertz CT molecular complexity index is 844. The molecule has 0 aliphatic heterocycles. The average molecular weight is 413 g/mol. The number of hydrogen-bond acceptors (Lipinski definition) is 6. The maximum absolute atomic E-state index is 11.9. The highest BCUT2D eigenvalue weighted by atomic mass is 35.5. The zero-order valence-corrected chi connectivity index (χ0v) is 17.1. The normalized spacial score (nSPS) is 20.7. The predicted octanol–water partition coefficient (Wildman–Crippen LogP) is 3.69. The van der Waals surface area contributed by atoms with Crippen LogP contribution in [-0.2, 0) is 10.0 Å². The number of aromatic nitrogens is 2. The third-order valence-electron chi connectivity index (χ3n) is 4.90. The summed E-state index contributed by atoms with van der Waals surface area (Å²) in [7, 11) is -3.19. The number of hydrogen-bond donors (Lipinski definition) is 2. The van der Waals surface area contributed by atoms with Crippen LogP contribution in [0.25, 0.3) is 11.4 Å². The molecule has 1 aliphatic rings. The van der Waals surface area contributed by atoms with Crippen molar-refractivity contribution in [3.63, 3.8) is 0 Å². The summed E-state index contributed by atoms with van der Waals surface area (Å²) < 4.78 is 31.7. The average Bonchev–Trinajstić information content (AvgIpc) is 3.10. The minimum absolute atomic E-state index is 0.251. The minimum Gasteiger partial charge on any atom is -0.335 e. The maximum Gasteiger partial charge on any atom is 0.322 e. The first-order valence-corrected chi connectivity index (χ1v) is 11.1. The number of benzene rings is 1. The van der Waals surface area contributed by atoms with Gasteiger partial charge in [-0.25, -0.2) is 13.1 Å². The van der Waals surface area contributed by atoms with Gasteiger partial charge in [-0.3, -0.25) is 0 Å². The van der Waals surface area contributed by atoms with Crippen molar-refractivity contribution in [2.75, 3.05) is 11.9 Å². The van der Waals surface area contributed by atoms with E-state index in [2.05, 4.69) is 20.2 Å². The van der Waals surface area contributed by atoms with Crippen LogP contribution in [0.3, 0.4) is 0 Å². The van der Waals surface area contributed by atoms with Crippen molar-refractivity contribution >= 4 is 27.6 Å². The van der Waals surface area contributed by atoms with Crippen LogP contribution in [0.5, 0.6) is 0 Å². The van der Waals surface area contributed by atoms with E-state index < -0.39 is 15.3 Å². The molecule has 0 amide bonds. The molecule has 3 rings (SSSR count). The van der Waals surface area contributed by atoms with Gasteiger partial charge >= 0.3 is 6.01 Å². The van der Waals surface area contributed by atoms with Crippen LogP contribution >= 0.6 is 11.6 Å². The number of rotatable bonds is 7. The quantitative estimate of drug-likeness (QED) is 0.719. The van der Waals surface area contributed by atoms with E-state index in [1.54, 1.807) is 26.0 Å². The van der Waals surface area contributed by atoms with Gasteiger partial charge in [0.1, 0.15) is 0 Å². The van der Waals surface area contributed by atoms with Crippen LogP contribution in [0.15, 0.2) is 28.8 Å². The first-order valence-electron chi connectivity index (χ1n) is 9.18. The fraction of sp³-hybridized carbons (Fsp3) is 0.556. The molecule has 1 fully saturated rings. The highest BCUT2D eigenvalue weighted by molar-refractivity contribution is 7.90. The molecule has 1 aromatic heterocycles. The molecule has 9 heteroatoms. The van der Waals surface area contributed by atoms with Crippen LogP contribution in [0.2, 0.25) is 5.02 Å². The van der Waals surface area contributed by atoms with Crippen molar-refractivity contribution in [2.45, 2.75) is 50.8 Å². The summed E-state index contributed by atoms with van der Waals surface area (Å²) in [6.07, 6.45) is 3.78. The van der Waals surface area contributed by atoms with Gasteiger partial charge in [0.25, 0.3) is 0 Å². The van der Waals surface area contributed by atoms with Crippen molar-refractivity contribution in [1.29, 1.82) is 0 Å². The van der Waals surface area contributed by atoms with E-state index in [0.29, 0.717) is 29.3 Å². The van der Waals surface area contributed by atoms with Gasteiger partial charge in [0.05, 0.1) is 5.25 Å². The molecule has 0 atom stereocenters. The second-order valence-electron chi connectivity index (χ2n) is 7.23. The van der Waals surface area contributed by atoms with Gasteiger partial charge in [0.15, 0.2) is 0 Å². The van der Waals surface area contributed by atoms with E-state index in [1.165, 1.54) is 0 Å². The summed E-state index contributed by atoms with van der Waals surface area (Å²) in [6, 6.07) is 7.93. The van der Waals surface area contributed by atoms with Crippen LogP contribution in [0.4, 0.5) is 6.01 Å². The minimum atomic E-state index is -3.19. The molecule has 7 nitrogen and oxygen atoms in total. The second-order valence-corrected chi connectivity index (χ2v) is 9.99. The molecule has 27 heavy (non-hydrogen) atoms. The number of nitrogens with one attached hydrogen (secondary N) is 2. The number of anilines is 1. The number of nitrogens with zero attached hydrogens (tertiary/aromatic N) is 2. The lowest BCUT2D eigenvalue weighted by molar-refractivity contribution is 0.330. The third kappa shape index (κ3) is 5.43. The molecule has 0 bridgehead atoms. The monoisotopic (exact) mass is 412 g/mol. The molecule has 0 unspecified atom stereocenters. The summed E-state index contributed by atoms with van der Waals surface area (Å²) in [6.45, 7) is 3.88. The van der Waals surface area contributed by atoms with Crippen molar-refractivity contribution in [3.05, 3.63) is 29.3 Å². The molecule has 1 saturated carbocycles. The summed E-state index contributed by atoms with van der Waals surface area (Å²) in [5, 5.41) is 7.55. The van der Waals surface area contributed by atoms with Crippen LogP contribution < -0.4 is 10.0 Å². The molecule has 1 aromatic carbocycles. The SMILES string of the molecule is CC(C)S(=O)(=O)NCC1CCC(Nc2nc(-c3ccc(Cl)cc3)no2)CC1. The molecule has 2 N–H and O–H groups in total. The molecule has 1 aliphatic carbocycles. The van der Waals surface area contributed by atoms with E-state index in [-0.39, 0.29) is 6.04 Å². The number of halogens is 1. The van der Waals surface area contributed by atoms with E-state index in [9.17, 15) is 8.42 Å². The van der Waals surface area contributed by atoms with Gasteiger partial charge in [-0.1, -0.05) is 16.8 Å². The highest BCUT2D eigenvalue weighted by Crippen LogP contribution is 2.27. The zero-order valence-electron chi connectivity index (χ0n) is 15.5. The smallest absolute Gasteiger partial charge is 0.322 e. The molecular weight excluding hydrogens is 388 g/mol. The van der Waals surface area contributed by atoms with Gasteiger partial charge in [0.2, 0.25) is 15.8 Å². The molecule has 0 saturated heterocycles. The summed E-state index contributed by atoms with van der Waals surface area (Å²) in [5.74, 6) is 0.884. The Balaban J connectivity index is 1.48. The highest BCUT2D eigenvalue weighted by Gasteiger charge is 2.24. The summed E-state index contributed by atoms with van der Waals surface area (Å²) in [4.78, 5) is 4.39. The lowest BCUT2D eigenvalue weighted by Gasteiger charge is -2.28. The van der Waals surface area contributed by atoms with Crippen molar-refractivity contribution in [2.24, 2.45) is 5.92 Å². The maximum atomic E-state index is 11.9. The topological polar surface area (TPSA) is 97.1 Å². The van der Waals surface area contributed by atoms with Crippen LogP contribution in [0.1, 0.15) is 39.5 Å². The van der Waals surface area contributed by atoms with Crippen molar-refractivity contribution < 1.29 is 12.9 Å². The molecular formula is C18H25ClN4O3S. The predicted molar refractivity (Wildman–Crippen MR) is 106 cm³/mol. The van der Waals surface area contributed by atoms with E-state index in [4.69, 9.17) is 16.1 Å². The van der Waals surface area contributed by atoms with Gasteiger partial charge in [-0.2, -0.15) is 4.98 Å². The third-order valence-corrected chi connectivity index (χ3v) is 6.96. The zero-order chi connectivity index (χ0) is 19.4. The Morgan fingerprint density at radius 3 is 2.48 bits per heavy atom. The molecule has 1 heterocycles. The largest absolute Gasteiger partial charge is 0.335 e. The lowest BCUT2D eigenvalue weighted by Crippen LogP contribution is -2.37. The first-order chi connectivity index (χ1) is 12.8. The van der Waals surface area contributed by atoms with E-state index in [0.717, 1.165) is 31.2 Å². The number of sulfonamides is 1. The van der Waals surface area contributed by atoms with Crippen molar-refractivity contribution in [1.82, 2.24) is 14.9 Å². The summed E-state index contributed by atoms with van der Waals surface area (Å²) >= 11 is 5.89. The summed E-state index contributed by atoms with van der Waals surface area (Å²) in [5.41, 5.74) is 0.845. The Morgan fingerprint density at radius 2 is 1.85 bits per heavy atom. The first kappa shape index (κ1) is 20.1. The molecule has 0 radical (unpaired) electrons. The molecule has 148 valence electrons. The van der Waals surface area contributed by atoms with Gasteiger partial charge in [-0.15, -0.1) is 0 Å². The second kappa shape index (κ2) is 8.58. The van der Waals surface area contributed by atoms with Gasteiger partial charge in [0, 0.05) is 23.2 Å². The van der Waals surface area contributed by atoms with Gasteiger partial charge < -0.3 is 9.84 Å². The van der Waals surface area contributed by atoms with Gasteiger partial charge in [-0.05, 0) is 69.7 Å². The fourth-order valence-electron chi connectivity index (χ4n) is 3.08. The lowest BCUT2D eigenvalue weighted by atomic mass is 9.86. The van der Waals surface area contributed by atoms with Crippen LogP contribution in [-0.4, -0.2) is 36.4 Å². The Hall–Kier alpha value is -1.64. The van der Waals surface area contributed by atoms with Crippen LogP contribution in [0, 0.1) is 5.92 Å².